The van der Waals surface area contributed by atoms with Crippen LogP contribution in [0.15, 0.2) is 24.3 Å². The molecule has 1 fully saturated rings. The van der Waals surface area contributed by atoms with E-state index in [0.717, 1.165) is 32.2 Å². The number of benzene rings is 1. The zero-order chi connectivity index (χ0) is 15.5. The van der Waals surface area contributed by atoms with Gasteiger partial charge >= 0.3 is 5.97 Å². The van der Waals surface area contributed by atoms with E-state index in [1.54, 1.807) is 0 Å². The normalized spacial score (nSPS) is 25.2. The predicted molar refractivity (Wildman–Crippen MR) is 83.3 cm³/mol. The fourth-order valence-electron chi connectivity index (χ4n) is 3.79. The Morgan fingerprint density at radius 3 is 2.55 bits per heavy atom. The summed E-state index contributed by atoms with van der Waals surface area (Å²) < 4.78 is 0. The molecular formula is C18H23NO3. The second kappa shape index (κ2) is 6.51. The number of carbonyl (C=O) groups is 2. The second-order valence-corrected chi connectivity index (χ2v) is 6.53. The maximum absolute atomic E-state index is 12.8. The molecule has 22 heavy (non-hydrogen) atoms. The Labute approximate surface area is 131 Å². The number of aliphatic carboxylic acids is 1. The van der Waals surface area contributed by atoms with Gasteiger partial charge in [0.1, 0.15) is 0 Å². The number of amides is 1. The maximum atomic E-state index is 12.8. The van der Waals surface area contributed by atoms with E-state index in [1.807, 2.05) is 11.0 Å². The average molecular weight is 301 g/mol. The van der Waals surface area contributed by atoms with Crippen molar-refractivity contribution >= 4 is 11.9 Å². The van der Waals surface area contributed by atoms with Crippen LogP contribution in [0.1, 0.15) is 43.2 Å². The predicted octanol–water partition coefficient (Wildman–Crippen LogP) is 2.85. The SMILES string of the molecule is O=C(O)[C@@H]1CCC[C@@H](C(=O)N2CCCc3ccccc3C2)C1. The molecule has 1 heterocycles. The van der Waals surface area contributed by atoms with Gasteiger partial charge in [-0.2, -0.15) is 0 Å². The Morgan fingerprint density at radius 2 is 1.77 bits per heavy atom. The molecule has 1 aromatic rings. The van der Waals surface area contributed by atoms with Crippen LogP contribution in [-0.2, 0) is 22.6 Å². The van der Waals surface area contributed by atoms with Crippen molar-refractivity contribution in [2.24, 2.45) is 11.8 Å². The van der Waals surface area contributed by atoms with E-state index in [-0.39, 0.29) is 17.7 Å². The minimum atomic E-state index is -0.751. The summed E-state index contributed by atoms with van der Waals surface area (Å²) in [5.41, 5.74) is 2.57. The van der Waals surface area contributed by atoms with Gasteiger partial charge in [0.05, 0.1) is 5.92 Å². The van der Waals surface area contributed by atoms with Gasteiger partial charge in [-0.1, -0.05) is 30.7 Å². The van der Waals surface area contributed by atoms with Crippen molar-refractivity contribution in [3.05, 3.63) is 35.4 Å². The lowest BCUT2D eigenvalue weighted by molar-refractivity contribution is -0.145. The molecule has 1 N–H and O–H groups in total. The first-order valence-electron chi connectivity index (χ1n) is 8.23. The van der Waals surface area contributed by atoms with Crippen molar-refractivity contribution in [2.45, 2.75) is 45.1 Å². The Kier molecular flexibility index (Phi) is 4.46. The van der Waals surface area contributed by atoms with E-state index < -0.39 is 5.97 Å². The first-order valence-corrected chi connectivity index (χ1v) is 8.23. The Bertz CT molecular complexity index is 569. The van der Waals surface area contributed by atoms with Crippen LogP contribution < -0.4 is 0 Å². The summed E-state index contributed by atoms with van der Waals surface area (Å²) in [6.07, 6.45) is 4.90. The molecular weight excluding hydrogens is 278 g/mol. The van der Waals surface area contributed by atoms with Crippen LogP contribution in [0.25, 0.3) is 0 Å². The fourth-order valence-corrected chi connectivity index (χ4v) is 3.79. The number of carboxylic acids is 1. The van der Waals surface area contributed by atoms with Crippen LogP contribution >= 0.6 is 0 Å². The third-order valence-corrected chi connectivity index (χ3v) is 5.04. The van der Waals surface area contributed by atoms with Crippen molar-refractivity contribution < 1.29 is 14.7 Å². The second-order valence-electron chi connectivity index (χ2n) is 6.53. The molecule has 0 saturated heterocycles. The first-order chi connectivity index (χ1) is 10.6. The zero-order valence-corrected chi connectivity index (χ0v) is 12.8. The van der Waals surface area contributed by atoms with Crippen LogP contribution in [0, 0.1) is 11.8 Å². The lowest BCUT2D eigenvalue weighted by atomic mass is 9.80. The van der Waals surface area contributed by atoms with Crippen molar-refractivity contribution in [3.63, 3.8) is 0 Å². The number of carboxylic acid groups (broad SMARTS) is 1. The molecule has 0 spiro atoms. The average Bonchev–Trinajstić information content (AvgIpc) is 2.76. The van der Waals surface area contributed by atoms with Gasteiger partial charge in [0.15, 0.2) is 0 Å². The number of hydrogen-bond acceptors (Lipinski definition) is 2. The molecule has 1 saturated carbocycles. The van der Waals surface area contributed by atoms with Gasteiger partial charge in [-0.05, 0) is 43.2 Å². The monoisotopic (exact) mass is 301 g/mol. The van der Waals surface area contributed by atoms with E-state index in [1.165, 1.54) is 11.1 Å². The quantitative estimate of drug-likeness (QED) is 0.914. The van der Waals surface area contributed by atoms with Gasteiger partial charge in [0, 0.05) is 19.0 Å². The van der Waals surface area contributed by atoms with Crippen molar-refractivity contribution in [1.82, 2.24) is 4.90 Å². The molecule has 1 amide bonds. The largest absolute Gasteiger partial charge is 0.481 e. The molecule has 0 radical (unpaired) electrons. The van der Waals surface area contributed by atoms with E-state index >= 15 is 0 Å². The lowest BCUT2D eigenvalue weighted by Crippen LogP contribution is -2.38. The van der Waals surface area contributed by atoms with Crippen molar-refractivity contribution in [2.75, 3.05) is 6.54 Å². The van der Waals surface area contributed by atoms with E-state index in [4.69, 9.17) is 0 Å². The van der Waals surface area contributed by atoms with Gasteiger partial charge in [0.25, 0.3) is 0 Å². The topological polar surface area (TPSA) is 57.6 Å². The third-order valence-electron chi connectivity index (χ3n) is 5.04. The highest BCUT2D eigenvalue weighted by atomic mass is 16.4. The van der Waals surface area contributed by atoms with E-state index in [9.17, 15) is 14.7 Å². The zero-order valence-electron chi connectivity index (χ0n) is 12.8. The summed E-state index contributed by atoms with van der Waals surface area (Å²) in [6, 6.07) is 8.31. The molecule has 118 valence electrons. The smallest absolute Gasteiger partial charge is 0.306 e. The fraction of sp³-hybridized carbons (Fsp3) is 0.556. The first kappa shape index (κ1) is 15.1. The molecule has 4 nitrogen and oxygen atoms in total. The van der Waals surface area contributed by atoms with Gasteiger partial charge in [-0.25, -0.2) is 0 Å². The van der Waals surface area contributed by atoms with Crippen molar-refractivity contribution in [1.29, 1.82) is 0 Å². The maximum Gasteiger partial charge on any atom is 0.306 e. The Morgan fingerprint density at radius 1 is 1.05 bits per heavy atom. The minimum absolute atomic E-state index is 0.111. The molecule has 2 atom stereocenters. The van der Waals surface area contributed by atoms with Crippen molar-refractivity contribution in [3.8, 4) is 0 Å². The number of nitrogens with zero attached hydrogens (tertiary/aromatic N) is 1. The molecule has 0 unspecified atom stereocenters. The Balaban J connectivity index is 1.71. The molecule has 1 aliphatic heterocycles. The summed E-state index contributed by atoms with van der Waals surface area (Å²) >= 11 is 0. The van der Waals surface area contributed by atoms with Gasteiger partial charge in [-0.15, -0.1) is 0 Å². The Hall–Kier alpha value is -1.84. The molecule has 2 aliphatic rings. The summed E-state index contributed by atoms with van der Waals surface area (Å²) in [4.78, 5) is 26.0. The molecule has 4 heteroatoms. The summed E-state index contributed by atoms with van der Waals surface area (Å²) in [6.45, 7) is 1.45. The highest BCUT2D eigenvalue weighted by molar-refractivity contribution is 5.80. The summed E-state index contributed by atoms with van der Waals surface area (Å²) in [5, 5.41) is 9.20. The van der Waals surface area contributed by atoms with Crippen LogP contribution in [0.5, 0.6) is 0 Å². The summed E-state index contributed by atoms with van der Waals surface area (Å²) in [7, 11) is 0. The molecule has 0 aromatic heterocycles. The van der Waals surface area contributed by atoms with E-state index in [0.29, 0.717) is 19.4 Å². The number of aryl methyl sites for hydroxylation is 1. The highest BCUT2D eigenvalue weighted by Crippen LogP contribution is 2.31. The van der Waals surface area contributed by atoms with Gasteiger partial charge in [-0.3, -0.25) is 9.59 Å². The lowest BCUT2D eigenvalue weighted by Gasteiger charge is -2.31. The standard InChI is InChI=1S/C18H23NO3/c20-17(14-7-3-8-15(11-14)18(21)22)19-10-4-9-13-5-1-2-6-16(13)12-19/h1-2,5-6,14-15H,3-4,7-12H2,(H,21,22)/t14-,15-/m1/s1. The highest BCUT2D eigenvalue weighted by Gasteiger charge is 2.33. The number of carbonyl (C=O) groups excluding carboxylic acids is 1. The van der Waals surface area contributed by atoms with Gasteiger partial charge in [0.2, 0.25) is 5.91 Å². The van der Waals surface area contributed by atoms with Crippen LogP contribution in [0.4, 0.5) is 0 Å². The number of hydrogen-bond donors (Lipinski definition) is 1. The molecule has 1 aromatic carbocycles. The van der Waals surface area contributed by atoms with Crippen LogP contribution in [-0.4, -0.2) is 28.4 Å². The number of fused-ring (bicyclic) bond motifs is 1. The summed E-state index contributed by atoms with van der Waals surface area (Å²) in [5.74, 6) is -1.05. The van der Waals surface area contributed by atoms with Gasteiger partial charge < -0.3 is 10.0 Å². The molecule has 1 aliphatic carbocycles. The molecule has 3 rings (SSSR count). The third kappa shape index (κ3) is 3.16. The minimum Gasteiger partial charge on any atom is -0.481 e. The van der Waals surface area contributed by atoms with E-state index in [2.05, 4.69) is 18.2 Å². The van der Waals surface area contributed by atoms with Crippen LogP contribution in [0.3, 0.4) is 0 Å². The van der Waals surface area contributed by atoms with Crippen LogP contribution in [0.2, 0.25) is 0 Å². The number of rotatable bonds is 2. The molecule has 0 bridgehead atoms.